The third kappa shape index (κ3) is 5.68. The molecule has 10 heteroatoms. The number of anilines is 1. The number of carbonyl (C=O) groups is 2. The van der Waals surface area contributed by atoms with E-state index in [0.717, 1.165) is 13.2 Å². The molecule has 140 valence electrons. The van der Waals surface area contributed by atoms with Crippen LogP contribution in [0.5, 0.6) is 0 Å². The molecule has 0 unspecified atom stereocenters. The molecule has 5 nitrogen and oxygen atoms in total. The second-order valence-electron chi connectivity index (χ2n) is 4.59. The maximum absolute atomic E-state index is 13.2. The number of hydrogen-bond donors (Lipinski definition) is 1. The lowest BCUT2D eigenvalue weighted by atomic mass is 10.2. The number of rotatable bonds is 2. The van der Waals surface area contributed by atoms with E-state index >= 15 is 0 Å². The van der Waals surface area contributed by atoms with Crippen molar-refractivity contribution in [3.05, 3.63) is 60.6 Å². The average molecular weight is 518 g/mol. The van der Waals surface area contributed by atoms with Crippen molar-refractivity contribution in [1.82, 2.24) is 0 Å². The van der Waals surface area contributed by atoms with Gasteiger partial charge in [-0.15, -0.1) is 0 Å². The van der Waals surface area contributed by atoms with Crippen molar-refractivity contribution < 1.29 is 27.8 Å². The van der Waals surface area contributed by atoms with E-state index in [2.05, 4.69) is 9.47 Å². The number of benzene rings is 2. The van der Waals surface area contributed by atoms with E-state index in [4.69, 9.17) is 28.9 Å². The van der Waals surface area contributed by atoms with Crippen LogP contribution in [0.3, 0.4) is 0 Å². The van der Waals surface area contributed by atoms with Gasteiger partial charge in [0.05, 0.1) is 24.3 Å². The van der Waals surface area contributed by atoms with Crippen LogP contribution in [-0.4, -0.2) is 26.2 Å². The summed E-state index contributed by atoms with van der Waals surface area (Å²) < 4.78 is 35.6. The maximum atomic E-state index is 13.2. The average Bonchev–Trinajstić information content (AvgIpc) is 2.53. The number of ether oxygens (including phenoxy) is 2. The topological polar surface area (TPSA) is 78.6 Å². The predicted molar refractivity (Wildman–Crippen MR) is 103 cm³/mol. The maximum Gasteiger partial charge on any atom is 0.342 e. The van der Waals surface area contributed by atoms with Gasteiger partial charge in [0.1, 0.15) is 22.8 Å². The monoisotopic (exact) mass is 517 g/mol. The molecule has 0 aliphatic heterocycles. The van der Waals surface area contributed by atoms with Crippen molar-refractivity contribution in [2.45, 2.75) is 0 Å². The molecule has 0 heterocycles. The summed E-state index contributed by atoms with van der Waals surface area (Å²) in [5.41, 5.74) is 4.94. The van der Waals surface area contributed by atoms with Crippen molar-refractivity contribution >= 4 is 63.4 Å². The Morgan fingerprint density at radius 1 is 0.923 bits per heavy atom. The standard InChI is InChI=1S/C8H5ClFIO2.C8H7ClFNO2/c2*1-13-8(12)7-5(9)2-4(11)3-6(7)10/h2-3H,1H3;2-3H,11H2,1H3. The van der Waals surface area contributed by atoms with Crippen molar-refractivity contribution in [3.63, 3.8) is 0 Å². The molecule has 0 spiro atoms. The first kappa shape index (κ1) is 22.4. The Bertz CT molecular complexity index is 733. The molecule has 2 aromatic rings. The zero-order valence-corrected chi connectivity index (χ0v) is 17.1. The van der Waals surface area contributed by atoms with Crippen LogP contribution in [0.4, 0.5) is 14.5 Å². The molecule has 0 saturated heterocycles. The number of carbonyl (C=O) groups excluding carboxylic acids is 2. The van der Waals surface area contributed by atoms with Crippen molar-refractivity contribution in [2.75, 3.05) is 20.0 Å². The Morgan fingerprint density at radius 3 is 1.73 bits per heavy atom. The number of methoxy groups -OCH3 is 2. The summed E-state index contributed by atoms with van der Waals surface area (Å²) in [6, 6.07) is 5.02. The number of nitrogens with two attached hydrogens (primary N) is 1. The molecule has 2 aromatic carbocycles. The van der Waals surface area contributed by atoms with Gasteiger partial charge in [-0.1, -0.05) is 23.2 Å². The number of hydrogen-bond acceptors (Lipinski definition) is 5. The van der Waals surface area contributed by atoms with Crippen LogP contribution in [0, 0.1) is 15.2 Å². The zero-order chi connectivity index (χ0) is 20.0. The summed E-state index contributed by atoms with van der Waals surface area (Å²) in [5.74, 6) is -3.03. The first-order valence-corrected chi connectivity index (χ1v) is 8.51. The van der Waals surface area contributed by atoms with Gasteiger partial charge in [0, 0.05) is 9.26 Å². The normalized spacial score (nSPS) is 9.81. The first-order chi connectivity index (χ1) is 12.1. The van der Waals surface area contributed by atoms with Gasteiger partial charge in [0.2, 0.25) is 0 Å². The predicted octanol–water partition coefficient (Wildman–Crippen LogP) is 4.72. The number of nitrogen functional groups attached to an aromatic ring is 1. The summed E-state index contributed by atoms with van der Waals surface area (Å²) in [6.07, 6.45) is 0. The highest BCUT2D eigenvalue weighted by molar-refractivity contribution is 14.1. The number of esters is 2. The van der Waals surface area contributed by atoms with E-state index < -0.39 is 23.6 Å². The first-order valence-electron chi connectivity index (χ1n) is 6.68. The second kappa shape index (κ2) is 9.89. The molecule has 0 radical (unpaired) electrons. The van der Waals surface area contributed by atoms with Gasteiger partial charge < -0.3 is 15.2 Å². The molecule has 0 saturated carbocycles. The van der Waals surface area contributed by atoms with E-state index in [9.17, 15) is 18.4 Å². The highest BCUT2D eigenvalue weighted by Crippen LogP contribution is 2.24. The van der Waals surface area contributed by atoms with Crippen LogP contribution in [-0.2, 0) is 9.47 Å². The van der Waals surface area contributed by atoms with Gasteiger partial charge in [-0.25, -0.2) is 18.4 Å². The Morgan fingerprint density at radius 2 is 1.35 bits per heavy atom. The van der Waals surface area contributed by atoms with Gasteiger partial charge >= 0.3 is 11.9 Å². The quantitative estimate of drug-likeness (QED) is 0.354. The molecule has 0 amide bonds. The fourth-order valence-electron chi connectivity index (χ4n) is 1.73. The lowest BCUT2D eigenvalue weighted by Gasteiger charge is -2.04. The smallest absolute Gasteiger partial charge is 0.342 e. The van der Waals surface area contributed by atoms with Gasteiger partial charge in [0.25, 0.3) is 0 Å². The summed E-state index contributed by atoms with van der Waals surface area (Å²) in [5, 5.41) is 0.0144. The summed E-state index contributed by atoms with van der Waals surface area (Å²) >= 11 is 13.2. The third-order valence-corrected chi connectivity index (χ3v) is 4.07. The van der Waals surface area contributed by atoms with Gasteiger partial charge in [0.15, 0.2) is 0 Å². The molecule has 2 N–H and O–H groups in total. The SMILES string of the molecule is COC(=O)c1c(F)cc(I)cc1Cl.COC(=O)c1c(F)cc(N)cc1Cl. The van der Waals surface area contributed by atoms with Crippen LogP contribution in [0.25, 0.3) is 0 Å². The van der Waals surface area contributed by atoms with Crippen LogP contribution in [0.2, 0.25) is 10.0 Å². The zero-order valence-electron chi connectivity index (χ0n) is 13.4. The highest BCUT2D eigenvalue weighted by Gasteiger charge is 2.17. The molecule has 0 aliphatic rings. The minimum absolute atomic E-state index is 0.0515. The Kier molecular flexibility index (Phi) is 8.51. The lowest BCUT2D eigenvalue weighted by Crippen LogP contribution is -2.06. The fraction of sp³-hybridized carbons (Fsp3) is 0.125. The Labute approximate surface area is 171 Å². The van der Waals surface area contributed by atoms with Gasteiger partial charge in [-0.3, -0.25) is 0 Å². The lowest BCUT2D eigenvalue weighted by molar-refractivity contribution is 0.0586. The van der Waals surface area contributed by atoms with Crippen molar-refractivity contribution in [3.8, 4) is 0 Å². The molecular formula is C16H12Cl2F2INO4. The minimum Gasteiger partial charge on any atom is -0.465 e. The van der Waals surface area contributed by atoms with Crippen LogP contribution in [0.1, 0.15) is 20.7 Å². The molecule has 26 heavy (non-hydrogen) atoms. The van der Waals surface area contributed by atoms with E-state index in [-0.39, 0.29) is 26.9 Å². The molecular weight excluding hydrogens is 506 g/mol. The van der Waals surface area contributed by atoms with Crippen LogP contribution in [0.15, 0.2) is 24.3 Å². The fourth-order valence-corrected chi connectivity index (χ4v) is 3.08. The van der Waals surface area contributed by atoms with Crippen molar-refractivity contribution in [1.29, 1.82) is 0 Å². The third-order valence-electron chi connectivity index (χ3n) is 2.85. The molecule has 0 aromatic heterocycles. The molecule has 0 bridgehead atoms. The van der Waals surface area contributed by atoms with E-state index in [1.807, 2.05) is 22.6 Å². The molecule has 0 aliphatic carbocycles. The molecule has 0 fully saturated rings. The van der Waals surface area contributed by atoms with Crippen LogP contribution >= 0.6 is 45.8 Å². The summed E-state index contributed by atoms with van der Waals surface area (Å²) in [6.45, 7) is 0. The Balaban J connectivity index is 0.000000260. The van der Waals surface area contributed by atoms with E-state index in [1.54, 1.807) is 0 Å². The van der Waals surface area contributed by atoms with Gasteiger partial charge in [-0.05, 0) is 46.9 Å². The van der Waals surface area contributed by atoms with Crippen molar-refractivity contribution in [2.24, 2.45) is 0 Å². The molecule has 0 atom stereocenters. The summed E-state index contributed by atoms with van der Waals surface area (Å²) in [4.78, 5) is 22.0. The van der Waals surface area contributed by atoms with E-state index in [0.29, 0.717) is 3.57 Å². The van der Waals surface area contributed by atoms with Crippen LogP contribution < -0.4 is 5.73 Å². The molecule has 2 rings (SSSR count). The van der Waals surface area contributed by atoms with Gasteiger partial charge in [-0.2, -0.15) is 0 Å². The van der Waals surface area contributed by atoms with E-state index in [1.165, 1.54) is 25.3 Å². The number of halogens is 5. The second-order valence-corrected chi connectivity index (χ2v) is 6.65. The minimum atomic E-state index is -0.817. The Hall–Kier alpha value is -1.65. The summed E-state index contributed by atoms with van der Waals surface area (Å²) in [7, 11) is 2.32. The largest absolute Gasteiger partial charge is 0.465 e. The highest BCUT2D eigenvalue weighted by atomic mass is 127.